The molecule has 3 amide bonds. The van der Waals surface area contributed by atoms with Crippen LogP contribution in [0, 0.1) is 23.2 Å². The van der Waals surface area contributed by atoms with Gasteiger partial charge in [-0.3, -0.25) is 19.4 Å². The smallest absolute Gasteiger partial charge is 0.410 e. The Kier molecular flexibility index (Phi) is 49.0. The van der Waals surface area contributed by atoms with Gasteiger partial charge < -0.3 is 64.6 Å². The van der Waals surface area contributed by atoms with Crippen molar-refractivity contribution in [3.05, 3.63) is 12.4 Å². The van der Waals surface area contributed by atoms with Crippen molar-refractivity contribution in [2.24, 2.45) is 23.2 Å². The molecule has 5 aliphatic rings. The molecule has 4 N–H and O–H groups in total. The highest BCUT2D eigenvalue weighted by molar-refractivity contribution is 8.00. The fraction of sp³-hybridized carbons (Fsp3) is 0.926. The first kappa shape index (κ1) is 86.6. The number of piperazine rings is 2. The minimum atomic E-state index is -0.397. The second-order valence-electron chi connectivity index (χ2n) is 28.0. The lowest BCUT2D eigenvalue weighted by atomic mass is 9.88. The lowest BCUT2D eigenvalue weighted by molar-refractivity contribution is -0.134. The Morgan fingerprint density at radius 3 is 1.59 bits per heavy atom. The number of likely N-dealkylation sites (tertiary alicyclic amines) is 1. The van der Waals surface area contributed by atoms with Gasteiger partial charge in [-0.25, -0.2) is 4.79 Å². The zero-order valence-corrected chi connectivity index (χ0v) is 59.0. The number of piperidine rings is 1. The molecule has 5 heterocycles. The molecule has 0 radical (unpaired) electrons. The zero-order chi connectivity index (χ0) is 64.0. The normalized spacial score (nSPS) is 19.5. The minimum absolute atomic E-state index is 0. The average molecular weight is 1260 g/mol. The van der Waals surface area contributed by atoms with Gasteiger partial charge in [0.15, 0.2) is 0 Å². The van der Waals surface area contributed by atoms with Gasteiger partial charge in [0.25, 0.3) is 0 Å². The van der Waals surface area contributed by atoms with E-state index in [1.807, 2.05) is 37.4 Å². The summed E-state index contributed by atoms with van der Waals surface area (Å²) in [7, 11) is 4.19. The summed E-state index contributed by atoms with van der Waals surface area (Å²) in [6, 6.07) is 2.67. The van der Waals surface area contributed by atoms with Crippen molar-refractivity contribution in [1.29, 1.82) is 0 Å². The summed E-state index contributed by atoms with van der Waals surface area (Å²) in [6.45, 7) is 58.5. The number of carbonyl (C=O) groups excluding carboxylic acids is 3. The third-order valence-corrected chi connectivity index (χ3v) is 16.8. The van der Waals surface area contributed by atoms with Crippen LogP contribution in [0.4, 0.5) is 4.79 Å². The van der Waals surface area contributed by atoms with E-state index in [1.54, 1.807) is 4.90 Å². The quantitative estimate of drug-likeness (QED) is 0.0523. The molecule has 4 atom stereocenters. The van der Waals surface area contributed by atoms with Crippen molar-refractivity contribution in [1.82, 2.24) is 50.7 Å². The first-order chi connectivity index (χ1) is 40.0. The van der Waals surface area contributed by atoms with Crippen LogP contribution in [0.3, 0.4) is 0 Å². The van der Waals surface area contributed by atoms with E-state index in [9.17, 15) is 14.4 Å². The summed E-state index contributed by atoms with van der Waals surface area (Å²) < 4.78 is 27.4. The fourth-order valence-corrected chi connectivity index (χ4v) is 11.7. The van der Waals surface area contributed by atoms with Crippen molar-refractivity contribution >= 4 is 29.7 Å². The van der Waals surface area contributed by atoms with Crippen molar-refractivity contribution in [3.8, 4) is 0 Å². The zero-order valence-electron chi connectivity index (χ0n) is 58.2. The van der Waals surface area contributed by atoms with Gasteiger partial charge in [0.1, 0.15) is 5.60 Å². The predicted octanol–water partition coefficient (Wildman–Crippen LogP) is 10.4. The van der Waals surface area contributed by atoms with E-state index in [0.717, 1.165) is 107 Å². The third-order valence-electron chi connectivity index (χ3n) is 15.3. The van der Waals surface area contributed by atoms with Gasteiger partial charge in [-0.05, 0) is 145 Å². The summed E-state index contributed by atoms with van der Waals surface area (Å²) in [5.41, 5.74) is -0.0127. The van der Waals surface area contributed by atoms with Crippen molar-refractivity contribution in [3.63, 3.8) is 0 Å². The number of hydrogen-bond donors (Lipinski definition) is 4. The predicted molar refractivity (Wildman–Crippen MR) is 370 cm³/mol. The summed E-state index contributed by atoms with van der Waals surface area (Å²) in [4.78, 5) is 49.4. The van der Waals surface area contributed by atoms with Crippen LogP contribution in [0.1, 0.15) is 184 Å². The van der Waals surface area contributed by atoms with E-state index >= 15 is 0 Å². The first-order valence-corrected chi connectivity index (χ1v) is 34.3. The van der Waals surface area contributed by atoms with Gasteiger partial charge in [0.05, 0.1) is 77.2 Å². The molecule has 5 rings (SSSR count). The standard InChI is InChI=1S/C29H53N5O6S.C12H24N2O2.C10H23N.C9H19N.C6H15N.2CH4/c1-23(2)33-10-12-34(13-11-33)28(36)8-14-37-16-18-39-20-21-40-19-17-38-15-9-30-27(35)7-5-4-6-26-29-25(22-41-26)31-24(3)32-29;1-10(2)13-6-8-14(9-7-13)11(15)16-12(3,4)5;1-8(2)7-11-9(3)10(4,5)6;1-9(2)8-10-6-4-3-5-7-10;1-6(2)5-7(3)4;;/h23,25-26,29,31-32H,3-22H2,1-2H3,(H,30,35);10H,6-9H2,1-5H3;8-9,11H,7H2,1-6H3;9H,3-8H2,1-2H3;6H,5H2,1-4H3;2*1H4/t;;9-;;;;/m..1..../s1. The van der Waals surface area contributed by atoms with E-state index in [4.69, 9.17) is 23.7 Å². The van der Waals surface area contributed by atoms with Crippen LogP contribution in [0.5, 0.6) is 0 Å². The molecule has 5 aliphatic heterocycles. The van der Waals surface area contributed by atoms with E-state index in [2.05, 4.69) is 158 Å². The van der Waals surface area contributed by atoms with Crippen LogP contribution in [0.25, 0.3) is 0 Å². The topological polar surface area (TPSA) is 165 Å². The highest BCUT2D eigenvalue weighted by atomic mass is 32.2. The van der Waals surface area contributed by atoms with E-state index in [1.165, 1.54) is 45.4 Å². The third kappa shape index (κ3) is 44.6. The lowest BCUT2D eigenvalue weighted by Gasteiger charge is -2.37. The molecule has 0 aromatic heterocycles. The first-order valence-electron chi connectivity index (χ1n) is 33.2. The number of hydrogen-bond acceptors (Lipinski definition) is 16. The molecule has 0 aliphatic carbocycles. The Bertz CT molecular complexity index is 1710. The molecule has 0 spiro atoms. The monoisotopic (exact) mass is 1260 g/mol. The second kappa shape index (κ2) is 49.2. The Hall–Kier alpha value is -2.46. The molecular weight excluding hydrogens is 1120 g/mol. The molecule has 518 valence electrons. The largest absolute Gasteiger partial charge is 0.444 e. The molecule has 19 heteroatoms. The summed E-state index contributed by atoms with van der Waals surface area (Å²) >= 11 is 2.02. The van der Waals surface area contributed by atoms with Crippen molar-refractivity contribution in [2.45, 2.75) is 225 Å². The van der Waals surface area contributed by atoms with E-state index in [-0.39, 0.29) is 32.8 Å². The molecule has 0 aromatic rings. The molecule has 3 unspecified atom stereocenters. The van der Waals surface area contributed by atoms with Crippen molar-refractivity contribution in [2.75, 3.05) is 164 Å². The molecule has 0 bridgehead atoms. The molecule has 5 fully saturated rings. The highest BCUT2D eigenvalue weighted by Gasteiger charge is 2.40. The number of fused-ring (bicyclic) bond motifs is 1. The Balaban J connectivity index is 0. The number of carbonyl (C=O) groups is 3. The Morgan fingerprint density at radius 2 is 1.14 bits per heavy atom. The fourth-order valence-electron chi connectivity index (χ4n) is 10.2. The highest BCUT2D eigenvalue weighted by Crippen LogP contribution is 2.34. The van der Waals surface area contributed by atoms with Gasteiger partial charge >= 0.3 is 6.09 Å². The number of unbranched alkanes of at least 4 members (excludes halogenated alkanes) is 1. The van der Waals surface area contributed by atoms with Crippen LogP contribution in [-0.4, -0.2) is 253 Å². The molecule has 18 nitrogen and oxygen atoms in total. The van der Waals surface area contributed by atoms with Crippen LogP contribution in [0.2, 0.25) is 0 Å². The molecule has 0 aromatic carbocycles. The van der Waals surface area contributed by atoms with Gasteiger partial charge in [0.2, 0.25) is 11.8 Å². The second-order valence-corrected chi connectivity index (χ2v) is 29.2. The molecule has 0 saturated carbocycles. The minimum Gasteiger partial charge on any atom is -0.444 e. The molecule has 87 heavy (non-hydrogen) atoms. The number of nitrogens with one attached hydrogen (secondary N) is 4. The Morgan fingerprint density at radius 1 is 0.632 bits per heavy atom. The van der Waals surface area contributed by atoms with E-state index in [0.29, 0.717) is 113 Å². The average Bonchev–Trinajstić information content (AvgIpc) is 1.87. The van der Waals surface area contributed by atoms with Crippen LogP contribution < -0.4 is 21.3 Å². The maximum atomic E-state index is 12.3. The van der Waals surface area contributed by atoms with Crippen LogP contribution >= 0.6 is 11.8 Å². The lowest BCUT2D eigenvalue weighted by Crippen LogP contribution is -2.51. The maximum Gasteiger partial charge on any atom is 0.410 e. The summed E-state index contributed by atoms with van der Waals surface area (Å²) in [5.74, 6) is 4.72. The van der Waals surface area contributed by atoms with Crippen LogP contribution in [0.15, 0.2) is 12.4 Å². The van der Waals surface area contributed by atoms with E-state index < -0.39 is 5.60 Å². The number of thioether (sulfide) groups is 1. The van der Waals surface area contributed by atoms with Crippen LogP contribution in [-0.2, 0) is 33.3 Å². The number of rotatable bonds is 29. The molecule has 5 saturated heterocycles. The maximum absolute atomic E-state index is 12.3. The molecular formula is C68H142N10O8S. The van der Waals surface area contributed by atoms with Gasteiger partial charge in [-0.1, -0.05) is 96.6 Å². The number of ether oxygens (including phenoxy) is 5. The summed E-state index contributed by atoms with van der Waals surface area (Å²) in [6.07, 6.45) is 8.19. The van der Waals surface area contributed by atoms with Crippen molar-refractivity contribution < 1.29 is 38.1 Å². The van der Waals surface area contributed by atoms with Gasteiger partial charge in [-0.15, -0.1) is 0 Å². The SMILES string of the molecule is C.C.C=C1NC2CSC(CCCCC(=O)NCCOCCOCCOCCOCCC(=O)N3CCN(C(C)C)CC3)C2N1.CC(C)CN(C)C.CC(C)CN1CCCCC1.CC(C)CN[C@H](C)C(C)(C)C.CC(C)N1CCN(C(=O)OC(C)(C)C)CC1. The van der Waals surface area contributed by atoms with Gasteiger partial charge in [-0.2, -0.15) is 11.8 Å². The Labute approximate surface area is 540 Å². The van der Waals surface area contributed by atoms with Gasteiger partial charge in [0, 0.05) is 101 Å². The number of amides is 3. The number of nitrogens with zero attached hydrogens (tertiary/aromatic N) is 6. The summed E-state index contributed by atoms with van der Waals surface area (Å²) in [5, 5.41) is 13.9.